The Kier molecular flexibility index (Phi) is 8.57. The van der Waals surface area contributed by atoms with Crippen LogP contribution in [0.1, 0.15) is 32.3 Å². The lowest BCUT2D eigenvalue weighted by molar-refractivity contribution is -0.384. The lowest BCUT2D eigenvalue weighted by Gasteiger charge is -2.29. The summed E-state index contributed by atoms with van der Waals surface area (Å²) >= 11 is 1.48. The number of anilines is 1. The fourth-order valence-electron chi connectivity index (χ4n) is 4.26. The number of nitro benzene ring substituents is 1. The van der Waals surface area contributed by atoms with E-state index in [0.29, 0.717) is 18.8 Å². The van der Waals surface area contributed by atoms with Crippen molar-refractivity contribution in [3.8, 4) is 5.75 Å². The van der Waals surface area contributed by atoms with Gasteiger partial charge in [-0.3, -0.25) is 14.9 Å². The van der Waals surface area contributed by atoms with E-state index in [2.05, 4.69) is 6.07 Å². The van der Waals surface area contributed by atoms with Gasteiger partial charge in [0.05, 0.1) is 28.5 Å². The molecule has 1 aliphatic heterocycles. The predicted octanol–water partition coefficient (Wildman–Crippen LogP) is 5.19. The molecule has 0 radical (unpaired) electrons. The van der Waals surface area contributed by atoms with Crippen LogP contribution in [0.4, 0.5) is 11.4 Å². The molecule has 0 N–H and O–H groups in total. The lowest BCUT2D eigenvalue weighted by atomic mass is 10.0. The van der Waals surface area contributed by atoms with Gasteiger partial charge in [0.2, 0.25) is 0 Å². The highest BCUT2D eigenvalue weighted by atomic mass is 32.2. The molecule has 1 amide bonds. The minimum atomic E-state index is -1.15. The standard InChI is InChI=1S/C29H31N3O6S/c1-18-16-24-25(17-19(18)2)39-27(20-8-12-23(37-5)13-9-20)26(28(33)31(24)15-14-30(3)4)38-29(34)21-6-10-22(11-7-21)32(35)36/h6-13,16-17,26-27H,14-15H2,1-5H3/t26-,27+/m0/s1. The van der Waals surface area contributed by atoms with Crippen LogP contribution in [0.25, 0.3) is 0 Å². The molecule has 0 aromatic heterocycles. The molecular formula is C29H31N3O6S. The van der Waals surface area contributed by atoms with E-state index in [4.69, 9.17) is 9.47 Å². The number of amides is 1. The van der Waals surface area contributed by atoms with E-state index in [1.807, 2.05) is 63.2 Å². The van der Waals surface area contributed by atoms with Crippen LogP contribution in [-0.2, 0) is 9.53 Å². The summed E-state index contributed by atoms with van der Waals surface area (Å²) in [5.74, 6) is -0.390. The third kappa shape index (κ3) is 6.23. The van der Waals surface area contributed by atoms with Crippen molar-refractivity contribution in [1.82, 2.24) is 4.90 Å². The van der Waals surface area contributed by atoms with Crippen molar-refractivity contribution < 1.29 is 24.0 Å². The Labute approximate surface area is 231 Å². The van der Waals surface area contributed by atoms with E-state index in [0.717, 1.165) is 27.3 Å². The maximum atomic E-state index is 14.2. The molecule has 4 rings (SSSR count). The second-order valence-electron chi connectivity index (χ2n) is 9.64. The minimum absolute atomic E-state index is 0.125. The minimum Gasteiger partial charge on any atom is -0.497 e. The van der Waals surface area contributed by atoms with Gasteiger partial charge in [-0.2, -0.15) is 0 Å². The van der Waals surface area contributed by atoms with Gasteiger partial charge in [-0.1, -0.05) is 12.1 Å². The van der Waals surface area contributed by atoms with Crippen LogP contribution in [0.2, 0.25) is 0 Å². The number of ether oxygens (including phenoxy) is 2. The average Bonchev–Trinajstić information content (AvgIpc) is 3.02. The maximum absolute atomic E-state index is 14.2. The molecule has 1 heterocycles. The van der Waals surface area contributed by atoms with E-state index in [9.17, 15) is 19.7 Å². The molecule has 3 aromatic carbocycles. The van der Waals surface area contributed by atoms with Crippen molar-refractivity contribution in [3.05, 3.63) is 93.0 Å². The van der Waals surface area contributed by atoms with E-state index >= 15 is 0 Å². The zero-order chi connectivity index (χ0) is 28.3. The maximum Gasteiger partial charge on any atom is 0.338 e. The number of carbonyl (C=O) groups is 2. The van der Waals surface area contributed by atoms with Crippen molar-refractivity contribution in [1.29, 1.82) is 0 Å². The first kappa shape index (κ1) is 28.1. The predicted molar refractivity (Wildman–Crippen MR) is 151 cm³/mol. The summed E-state index contributed by atoms with van der Waals surface area (Å²) in [4.78, 5) is 42.6. The highest BCUT2D eigenvalue weighted by Crippen LogP contribution is 2.48. The highest BCUT2D eigenvalue weighted by Gasteiger charge is 2.41. The second-order valence-corrected chi connectivity index (χ2v) is 10.8. The van der Waals surface area contributed by atoms with Crippen molar-refractivity contribution >= 4 is 35.0 Å². The number of benzene rings is 3. The molecule has 3 aromatic rings. The molecular weight excluding hydrogens is 518 g/mol. The molecule has 204 valence electrons. The fraction of sp³-hybridized carbons (Fsp3) is 0.310. The smallest absolute Gasteiger partial charge is 0.338 e. The molecule has 0 saturated carbocycles. The van der Waals surface area contributed by atoms with Gasteiger partial charge in [-0.15, -0.1) is 11.8 Å². The number of hydrogen-bond donors (Lipinski definition) is 0. The average molecular weight is 550 g/mol. The van der Waals surface area contributed by atoms with E-state index < -0.39 is 22.2 Å². The van der Waals surface area contributed by atoms with Gasteiger partial charge in [-0.05, 0) is 81.0 Å². The summed E-state index contributed by atoms with van der Waals surface area (Å²) in [6, 6.07) is 16.6. The largest absolute Gasteiger partial charge is 0.497 e. The number of methoxy groups -OCH3 is 1. The van der Waals surface area contributed by atoms with E-state index in [1.165, 1.54) is 36.0 Å². The van der Waals surface area contributed by atoms with Crippen molar-refractivity contribution in [2.75, 3.05) is 39.2 Å². The first-order valence-electron chi connectivity index (χ1n) is 12.4. The molecule has 39 heavy (non-hydrogen) atoms. The van der Waals surface area contributed by atoms with E-state index in [-0.39, 0.29) is 17.2 Å². The summed E-state index contributed by atoms with van der Waals surface area (Å²) in [5, 5.41) is 10.5. The molecule has 0 aliphatic carbocycles. The molecule has 0 bridgehead atoms. The molecule has 0 fully saturated rings. The number of nitrogens with zero attached hydrogens (tertiary/aromatic N) is 3. The number of nitro groups is 1. The summed E-state index contributed by atoms with van der Waals surface area (Å²) in [5.41, 5.74) is 3.71. The van der Waals surface area contributed by atoms with E-state index in [1.54, 1.807) is 12.0 Å². The van der Waals surface area contributed by atoms with Gasteiger partial charge in [0.1, 0.15) is 5.75 Å². The number of esters is 1. The zero-order valence-electron chi connectivity index (χ0n) is 22.5. The number of non-ortho nitro benzene ring substituents is 1. The number of rotatable bonds is 8. The second kappa shape index (κ2) is 11.9. The third-order valence-electron chi connectivity index (χ3n) is 6.67. The van der Waals surface area contributed by atoms with Crippen LogP contribution in [-0.4, -0.2) is 62.1 Å². The van der Waals surface area contributed by atoms with Crippen molar-refractivity contribution in [2.24, 2.45) is 0 Å². The Morgan fingerprint density at radius 1 is 1.05 bits per heavy atom. The number of thioether (sulfide) groups is 1. The number of fused-ring (bicyclic) bond motifs is 1. The van der Waals surface area contributed by atoms with Gasteiger partial charge in [0.25, 0.3) is 11.6 Å². The van der Waals surface area contributed by atoms with Gasteiger partial charge in [0.15, 0.2) is 6.10 Å². The Morgan fingerprint density at radius 2 is 1.69 bits per heavy atom. The fourth-order valence-corrected chi connectivity index (χ4v) is 5.66. The van der Waals surface area contributed by atoms with Crippen LogP contribution < -0.4 is 9.64 Å². The zero-order valence-corrected chi connectivity index (χ0v) is 23.4. The summed E-state index contributed by atoms with van der Waals surface area (Å²) in [6.07, 6.45) is -1.15. The van der Waals surface area contributed by atoms with Crippen molar-refractivity contribution in [3.63, 3.8) is 0 Å². The Hall–Kier alpha value is -3.89. The van der Waals surface area contributed by atoms with Gasteiger partial charge in [-0.25, -0.2) is 4.79 Å². The topological polar surface area (TPSA) is 102 Å². The number of aryl methyl sites for hydroxylation is 2. The molecule has 10 heteroatoms. The van der Waals surface area contributed by atoms with Crippen LogP contribution in [0.3, 0.4) is 0 Å². The van der Waals surface area contributed by atoms with Crippen LogP contribution in [0, 0.1) is 24.0 Å². The lowest BCUT2D eigenvalue weighted by Crippen LogP contribution is -2.45. The number of carbonyl (C=O) groups excluding carboxylic acids is 2. The molecule has 0 spiro atoms. The molecule has 0 unspecified atom stereocenters. The first-order valence-corrected chi connectivity index (χ1v) is 13.3. The van der Waals surface area contributed by atoms with Crippen LogP contribution in [0.5, 0.6) is 5.75 Å². The van der Waals surface area contributed by atoms with Gasteiger partial charge < -0.3 is 19.3 Å². The highest BCUT2D eigenvalue weighted by molar-refractivity contribution is 7.99. The van der Waals surface area contributed by atoms with Crippen LogP contribution in [0.15, 0.2) is 65.6 Å². The normalized spacial score (nSPS) is 17.0. The Bertz CT molecular complexity index is 1380. The Balaban J connectivity index is 1.79. The summed E-state index contributed by atoms with van der Waals surface area (Å²) in [6.45, 7) is 5.05. The van der Waals surface area contributed by atoms with Crippen LogP contribution >= 0.6 is 11.8 Å². The Morgan fingerprint density at radius 3 is 2.28 bits per heavy atom. The first-order chi connectivity index (χ1) is 18.6. The molecule has 1 aliphatic rings. The van der Waals surface area contributed by atoms with Gasteiger partial charge in [0, 0.05) is 30.1 Å². The number of hydrogen-bond acceptors (Lipinski definition) is 8. The molecule has 2 atom stereocenters. The quantitative estimate of drug-likeness (QED) is 0.215. The monoisotopic (exact) mass is 549 g/mol. The van der Waals surface area contributed by atoms with Crippen molar-refractivity contribution in [2.45, 2.75) is 30.1 Å². The SMILES string of the molecule is COc1ccc([C@H]2Sc3cc(C)c(C)cc3N(CCN(C)C)C(=O)[C@H]2OC(=O)c2ccc([N+](=O)[O-])cc2)cc1. The summed E-state index contributed by atoms with van der Waals surface area (Å²) in [7, 11) is 5.45. The van der Waals surface area contributed by atoms with Gasteiger partial charge >= 0.3 is 5.97 Å². The number of likely N-dealkylation sites (N-methyl/N-ethyl adjacent to an activating group) is 1. The molecule has 0 saturated heterocycles. The molecule has 9 nitrogen and oxygen atoms in total. The third-order valence-corrected chi connectivity index (χ3v) is 8.02. The summed E-state index contributed by atoms with van der Waals surface area (Å²) < 4.78 is 11.3.